The predicted octanol–water partition coefficient (Wildman–Crippen LogP) is 0.944. The van der Waals surface area contributed by atoms with E-state index < -0.39 is 0 Å². The summed E-state index contributed by atoms with van der Waals surface area (Å²) < 4.78 is 1.70. The van der Waals surface area contributed by atoms with Crippen LogP contribution in [0.15, 0.2) is 30.5 Å². The third-order valence-electron chi connectivity index (χ3n) is 2.84. The van der Waals surface area contributed by atoms with Gasteiger partial charge < -0.3 is 10.7 Å². The van der Waals surface area contributed by atoms with Crippen molar-refractivity contribution in [2.24, 2.45) is 12.9 Å². The Morgan fingerprint density at radius 1 is 1.42 bits per heavy atom. The number of rotatable bonds is 4. The number of hydrogen-bond donors (Lipinski definition) is 3. The zero-order valence-electron chi connectivity index (χ0n) is 11.0. The normalized spacial score (nSPS) is 10.3. The molecule has 1 heterocycles. The molecule has 1 aromatic carbocycles. The molecule has 1 amide bonds. The van der Waals surface area contributed by atoms with Crippen molar-refractivity contribution in [1.82, 2.24) is 15.1 Å². The van der Waals surface area contributed by atoms with Crippen LogP contribution in [0.5, 0.6) is 0 Å². The van der Waals surface area contributed by atoms with E-state index in [1.807, 2.05) is 32.3 Å². The molecule has 0 aliphatic heterocycles. The van der Waals surface area contributed by atoms with Gasteiger partial charge in [-0.1, -0.05) is 0 Å². The number of nitrogens with one attached hydrogen (secondary N) is 2. The van der Waals surface area contributed by atoms with Gasteiger partial charge in [-0.25, -0.2) is 0 Å². The van der Waals surface area contributed by atoms with Gasteiger partial charge in [-0.15, -0.1) is 0 Å². The Balaban J connectivity index is 2.03. The molecule has 2 aromatic rings. The first-order valence-corrected chi connectivity index (χ1v) is 5.94. The van der Waals surface area contributed by atoms with Crippen molar-refractivity contribution in [3.05, 3.63) is 47.3 Å². The highest BCUT2D eigenvalue weighted by atomic mass is 16.1. The summed E-state index contributed by atoms with van der Waals surface area (Å²) >= 11 is 0. The van der Waals surface area contributed by atoms with Crippen LogP contribution in [0.25, 0.3) is 0 Å². The smallest absolute Gasteiger partial charge is 0.251 e. The number of carbonyl (C=O) groups excluding carboxylic acids is 1. The van der Waals surface area contributed by atoms with E-state index in [0.29, 0.717) is 12.1 Å². The number of nitrogens with zero attached hydrogens (tertiary/aromatic N) is 2. The van der Waals surface area contributed by atoms with Crippen molar-refractivity contribution >= 4 is 11.6 Å². The first-order valence-electron chi connectivity index (χ1n) is 5.94. The summed E-state index contributed by atoms with van der Waals surface area (Å²) in [6.45, 7) is 2.28. The van der Waals surface area contributed by atoms with Gasteiger partial charge in [0, 0.05) is 24.5 Å². The number of carbonyl (C=O) groups is 1. The lowest BCUT2D eigenvalue weighted by molar-refractivity contribution is 0.0950. The van der Waals surface area contributed by atoms with Crippen LogP contribution in [0.3, 0.4) is 0 Å². The Morgan fingerprint density at radius 3 is 2.79 bits per heavy atom. The van der Waals surface area contributed by atoms with Gasteiger partial charge in [0.05, 0.1) is 12.2 Å². The van der Waals surface area contributed by atoms with Crippen molar-refractivity contribution in [1.29, 1.82) is 0 Å². The van der Waals surface area contributed by atoms with Gasteiger partial charge in [-0.05, 0) is 36.8 Å². The molecule has 0 aliphatic carbocycles. The third-order valence-corrected chi connectivity index (χ3v) is 2.84. The maximum absolute atomic E-state index is 12.0. The molecular weight excluding hydrogens is 242 g/mol. The number of aromatic nitrogens is 2. The highest BCUT2D eigenvalue weighted by Gasteiger charge is 2.09. The summed E-state index contributed by atoms with van der Waals surface area (Å²) in [5.74, 6) is 5.20. The second-order valence-corrected chi connectivity index (χ2v) is 4.34. The fourth-order valence-electron chi connectivity index (χ4n) is 1.83. The number of nitrogens with two attached hydrogens (primary N) is 1. The van der Waals surface area contributed by atoms with E-state index >= 15 is 0 Å². The van der Waals surface area contributed by atoms with Gasteiger partial charge in [0.2, 0.25) is 0 Å². The molecule has 0 radical (unpaired) electrons. The predicted molar refractivity (Wildman–Crippen MR) is 73.4 cm³/mol. The number of hydrazine groups is 1. The zero-order valence-corrected chi connectivity index (χ0v) is 11.0. The molecule has 0 fully saturated rings. The standard InChI is InChI=1S/C13H17N5O/c1-9-7-10(16-14)3-4-12(9)13(19)15-8-11-5-6-18(2)17-11/h3-7,16H,8,14H2,1-2H3,(H,15,19). The minimum Gasteiger partial charge on any atom is -0.346 e. The fourth-order valence-corrected chi connectivity index (χ4v) is 1.83. The summed E-state index contributed by atoms with van der Waals surface area (Å²) in [5.41, 5.74) is 5.66. The van der Waals surface area contributed by atoms with Crippen LogP contribution in [0.1, 0.15) is 21.6 Å². The maximum atomic E-state index is 12.0. The summed E-state index contributed by atoms with van der Waals surface area (Å²) in [6.07, 6.45) is 1.84. The average Bonchev–Trinajstić information content (AvgIpc) is 2.81. The third kappa shape index (κ3) is 3.11. The fraction of sp³-hybridized carbons (Fsp3) is 0.231. The maximum Gasteiger partial charge on any atom is 0.251 e. The number of amides is 1. The second-order valence-electron chi connectivity index (χ2n) is 4.34. The summed E-state index contributed by atoms with van der Waals surface area (Å²) in [5, 5.41) is 7.04. The van der Waals surface area contributed by atoms with E-state index in [9.17, 15) is 4.79 Å². The lowest BCUT2D eigenvalue weighted by atomic mass is 10.1. The van der Waals surface area contributed by atoms with Gasteiger partial charge in [-0.2, -0.15) is 5.10 Å². The first-order chi connectivity index (χ1) is 9.10. The molecule has 0 saturated heterocycles. The molecule has 0 unspecified atom stereocenters. The molecule has 100 valence electrons. The van der Waals surface area contributed by atoms with Gasteiger partial charge >= 0.3 is 0 Å². The molecule has 6 heteroatoms. The quantitative estimate of drug-likeness (QED) is 0.563. The van der Waals surface area contributed by atoms with E-state index in [1.54, 1.807) is 16.8 Å². The number of nitrogen functional groups attached to an aromatic ring is 1. The lowest BCUT2D eigenvalue weighted by Gasteiger charge is -2.08. The molecule has 0 aliphatic rings. The summed E-state index contributed by atoms with van der Waals surface area (Å²) in [6, 6.07) is 7.21. The molecule has 19 heavy (non-hydrogen) atoms. The van der Waals surface area contributed by atoms with E-state index in [1.165, 1.54) is 0 Å². The van der Waals surface area contributed by atoms with Crippen LogP contribution >= 0.6 is 0 Å². The van der Waals surface area contributed by atoms with E-state index in [2.05, 4.69) is 15.8 Å². The minimum atomic E-state index is -0.119. The van der Waals surface area contributed by atoms with Crippen LogP contribution in [0, 0.1) is 6.92 Å². The molecule has 6 nitrogen and oxygen atoms in total. The van der Waals surface area contributed by atoms with Gasteiger partial charge in [0.1, 0.15) is 0 Å². The highest BCUT2D eigenvalue weighted by molar-refractivity contribution is 5.95. The first kappa shape index (κ1) is 13.1. The van der Waals surface area contributed by atoms with Gasteiger partial charge in [-0.3, -0.25) is 15.3 Å². The summed E-state index contributed by atoms with van der Waals surface area (Å²) in [7, 11) is 1.84. The van der Waals surface area contributed by atoms with Gasteiger partial charge in [0.25, 0.3) is 5.91 Å². The highest BCUT2D eigenvalue weighted by Crippen LogP contribution is 2.14. The Labute approximate surface area is 111 Å². The molecule has 1 aromatic heterocycles. The molecule has 0 atom stereocenters. The number of aryl methyl sites for hydroxylation is 2. The van der Waals surface area contributed by atoms with E-state index in [0.717, 1.165) is 16.9 Å². The van der Waals surface area contributed by atoms with E-state index in [-0.39, 0.29) is 5.91 Å². The van der Waals surface area contributed by atoms with Crippen LogP contribution < -0.4 is 16.6 Å². The molecular formula is C13H17N5O. The second kappa shape index (κ2) is 5.53. The Bertz CT molecular complexity index is 590. The number of hydrogen-bond acceptors (Lipinski definition) is 4. The number of anilines is 1. The average molecular weight is 259 g/mol. The van der Waals surface area contributed by atoms with Crippen LogP contribution in [0.2, 0.25) is 0 Å². The van der Waals surface area contributed by atoms with Crippen molar-refractivity contribution in [3.63, 3.8) is 0 Å². The zero-order chi connectivity index (χ0) is 13.8. The van der Waals surface area contributed by atoms with E-state index in [4.69, 9.17) is 5.84 Å². The van der Waals surface area contributed by atoms with Crippen molar-refractivity contribution < 1.29 is 4.79 Å². The Kier molecular flexibility index (Phi) is 3.82. The van der Waals surface area contributed by atoms with Crippen LogP contribution in [-0.2, 0) is 13.6 Å². The largest absolute Gasteiger partial charge is 0.346 e. The van der Waals surface area contributed by atoms with Crippen LogP contribution in [-0.4, -0.2) is 15.7 Å². The SMILES string of the molecule is Cc1cc(NN)ccc1C(=O)NCc1ccn(C)n1. The van der Waals surface area contributed by atoms with Crippen molar-refractivity contribution in [3.8, 4) is 0 Å². The van der Waals surface area contributed by atoms with Crippen LogP contribution in [0.4, 0.5) is 5.69 Å². The Hall–Kier alpha value is -2.34. The minimum absolute atomic E-state index is 0.119. The molecule has 0 spiro atoms. The van der Waals surface area contributed by atoms with Gasteiger partial charge in [0.15, 0.2) is 0 Å². The molecule has 0 bridgehead atoms. The molecule has 2 rings (SSSR count). The van der Waals surface area contributed by atoms with Crippen molar-refractivity contribution in [2.75, 3.05) is 5.43 Å². The summed E-state index contributed by atoms with van der Waals surface area (Å²) in [4.78, 5) is 12.0. The topological polar surface area (TPSA) is 85.0 Å². The molecule has 4 N–H and O–H groups in total. The van der Waals surface area contributed by atoms with Crippen molar-refractivity contribution in [2.45, 2.75) is 13.5 Å². The molecule has 0 saturated carbocycles. The Morgan fingerprint density at radius 2 is 2.21 bits per heavy atom. The number of benzene rings is 1. The monoisotopic (exact) mass is 259 g/mol. The lowest BCUT2D eigenvalue weighted by Crippen LogP contribution is -2.24.